The average molecular weight is 293 g/mol. The lowest BCUT2D eigenvalue weighted by atomic mass is 9.87. The number of aromatic amines is 1. The molecule has 2 atom stereocenters. The van der Waals surface area contributed by atoms with Gasteiger partial charge in [-0.05, 0) is 17.8 Å². The first-order valence-corrected chi connectivity index (χ1v) is 7.86. The Morgan fingerprint density at radius 3 is 2.83 bits per heavy atom. The van der Waals surface area contributed by atoms with Crippen molar-refractivity contribution in [2.24, 2.45) is 5.92 Å². The maximum atomic E-state index is 11.3. The minimum absolute atomic E-state index is 0.0337. The number of hydrogen-bond acceptors (Lipinski definition) is 4. The smallest absolute Gasteiger partial charge is 0.159 e. The predicted molar refractivity (Wildman–Crippen MR) is 78.1 cm³/mol. The van der Waals surface area contributed by atoms with E-state index in [1.54, 1.807) is 23.1 Å². The van der Waals surface area contributed by atoms with E-state index in [1.165, 1.54) is 10.4 Å². The van der Waals surface area contributed by atoms with E-state index in [9.17, 15) is 4.79 Å². The molecule has 3 rings (SSSR count). The van der Waals surface area contributed by atoms with Gasteiger partial charge in [0.15, 0.2) is 3.95 Å². The number of aromatic nitrogens is 1. The van der Waals surface area contributed by atoms with Crippen molar-refractivity contribution >= 4 is 41.6 Å². The molecule has 1 aliphatic rings. The molecule has 2 aromatic rings. The summed E-state index contributed by atoms with van der Waals surface area (Å²) in [7, 11) is 0. The Kier molecular flexibility index (Phi) is 3.37. The number of aldehydes is 1. The lowest BCUT2D eigenvalue weighted by molar-refractivity contribution is -0.110. The Morgan fingerprint density at radius 2 is 2.11 bits per heavy atom. The standard InChI is InChI=1S/C13H11NOS3/c15-6-9-7-17-12-11(18-13(16)14-12)10(9)8-4-2-1-3-5-8/h1-6,9-10H,7H2,(H,14,16). The van der Waals surface area contributed by atoms with Gasteiger partial charge in [-0.2, -0.15) is 0 Å². The molecule has 0 fully saturated rings. The fraction of sp³-hybridized carbons (Fsp3) is 0.231. The molecule has 2 heterocycles. The van der Waals surface area contributed by atoms with Gasteiger partial charge < -0.3 is 9.78 Å². The van der Waals surface area contributed by atoms with Gasteiger partial charge in [0.25, 0.3) is 0 Å². The van der Waals surface area contributed by atoms with Crippen molar-refractivity contribution < 1.29 is 4.79 Å². The van der Waals surface area contributed by atoms with Crippen molar-refractivity contribution in [2.45, 2.75) is 10.9 Å². The largest absolute Gasteiger partial charge is 0.332 e. The van der Waals surface area contributed by atoms with Gasteiger partial charge in [0.2, 0.25) is 0 Å². The van der Waals surface area contributed by atoms with Crippen LogP contribution in [0.15, 0.2) is 35.4 Å². The molecule has 0 saturated carbocycles. The van der Waals surface area contributed by atoms with Gasteiger partial charge in [0.05, 0.1) is 5.03 Å². The summed E-state index contributed by atoms with van der Waals surface area (Å²) >= 11 is 8.51. The summed E-state index contributed by atoms with van der Waals surface area (Å²) in [6.45, 7) is 0. The van der Waals surface area contributed by atoms with Gasteiger partial charge >= 0.3 is 0 Å². The van der Waals surface area contributed by atoms with E-state index >= 15 is 0 Å². The zero-order valence-corrected chi connectivity index (χ0v) is 11.9. The molecule has 2 unspecified atom stereocenters. The number of rotatable bonds is 2. The summed E-state index contributed by atoms with van der Waals surface area (Å²) in [5.41, 5.74) is 1.20. The maximum absolute atomic E-state index is 11.3. The van der Waals surface area contributed by atoms with Crippen LogP contribution in [0, 0.1) is 9.87 Å². The van der Waals surface area contributed by atoms with Crippen molar-refractivity contribution in [3.8, 4) is 0 Å². The second-order valence-electron chi connectivity index (χ2n) is 4.21. The molecule has 1 aromatic heterocycles. The monoisotopic (exact) mass is 293 g/mol. The molecule has 1 N–H and O–H groups in total. The Bertz CT molecular complexity index is 617. The van der Waals surface area contributed by atoms with E-state index < -0.39 is 0 Å². The summed E-state index contributed by atoms with van der Waals surface area (Å²) in [6.07, 6.45) is 1.08. The van der Waals surface area contributed by atoms with Crippen LogP contribution in [0.1, 0.15) is 16.4 Å². The van der Waals surface area contributed by atoms with Gasteiger partial charge in [0, 0.05) is 22.5 Å². The second kappa shape index (κ2) is 4.99. The highest BCUT2D eigenvalue weighted by Gasteiger charge is 2.33. The molecule has 0 spiro atoms. The van der Waals surface area contributed by atoms with Gasteiger partial charge in [-0.3, -0.25) is 0 Å². The highest BCUT2D eigenvalue weighted by atomic mass is 32.2. The molecule has 0 saturated heterocycles. The van der Waals surface area contributed by atoms with Crippen molar-refractivity contribution in [2.75, 3.05) is 5.75 Å². The van der Waals surface area contributed by atoms with Crippen LogP contribution >= 0.6 is 35.3 Å². The molecular formula is C13H11NOS3. The van der Waals surface area contributed by atoms with Crippen LogP contribution in [-0.2, 0) is 4.79 Å². The van der Waals surface area contributed by atoms with Crippen molar-refractivity contribution in [3.63, 3.8) is 0 Å². The molecule has 0 aliphatic carbocycles. The van der Waals surface area contributed by atoms with Crippen molar-refractivity contribution in [3.05, 3.63) is 44.7 Å². The Balaban J connectivity index is 2.14. The number of thiazole rings is 1. The van der Waals surface area contributed by atoms with E-state index in [-0.39, 0.29) is 11.8 Å². The number of benzene rings is 1. The van der Waals surface area contributed by atoms with Crippen LogP contribution in [0.25, 0.3) is 0 Å². The fourth-order valence-corrected chi connectivity index (χ4v) is 5.10. The molecule has 5 heteroatoms. The number of H-pyrrole nitrogens is 1. The summed E-state index contributed by atoms with van der Waals surface area (Å²) in [6, 6.07) is 10.2. The summed E-state index contributed by atoms with van der Waals surface area (Å²) in [4.78, 5) is 15.7. The molecule has 18 heavy (non-hydrogen) atoms. The van der Waals surface area contributed by atoms with Gasteiger partial charge in [0.1, 0.15) is 6.29 Å². The molecular weight excluding hydrogens is 282 g/mol. The first kappa shape index (κ1) is 12.1. The van der Waals surface area contributed by atoms with Crippen molar-refractivity contribution in [1.82, 2.24) is 4.98 Å². The van der Waals surface area contributed by atoms with Crippen molar-refractivity contribution in [1.29, 1.82) is 0 Å². The number of nitrogens with one attached hydrogen (secondary N) is 1. The van der Waals surface area contributed by atoms with Crippen LogP contribution < -0.4 is 0 Å². The first-order valence-electron chi connectivity index (χ1n) is 5.65. The zero-order chi connectivity index (χ0) is 12.5. The minimum Gasteiger partial charge on any atom is -0.332 e. The van der Waals surface area contributed by atoms with Crippen LogP contribution in [0.4, 0.5) is 0 Å². The third kappa shape index (κ3) is 2.06. The van der Waals surface area contributed by atoms with E-state index in [0.29, 0.717) is 0 Å². The molecule has 2 nitrogen and oxygen atoms in total. The Labute approximate surface area is 118 Å². The molecule has 1 aliphatic heterocycles. The lowest BCUT2D eigenvalue weighted by Gasteiger charge is -2.27. The van der Waals surface area contributed by atoms with Crippen LogP contribution in [0.3, 0.4) is 0 Å². The summed E-state index contributed by atoms with van der Waals surface area (Å²) in [5, 5.41) is 1.14. The molecule has 0 radical (unpaired) electrons. The SMILES string of the molecule is O=CC1CSc2[nH]c(=S)sc2C1c1ccccc1. The first-order chi connectivity index (χ1) is 8.79. The quantitative estimate of drug-likeness (QED) is 0.674. The third-order valence-electron chi connectivity index (χ3n) is 3.11. The summed E-state index contributed by atoms with van der Waals surface area (Å²) in [5.74, 6) is 1.00. The predicted octanol–water partition coefficient (Wildman–Crippen LogP) is 3.86. The van der Waals surface area contributed by atoms with E-state index in [1.807, 2.05) is 18.2 Å². The van der Waals surface area contributed by atoms with E-state index in [4.69, 9.17) is 12.2 Å². The highest BCUT2D eigenvalue weighted by Crippen LogP contribution is 2.45. The number of hydrogen-bond donors (Lipinski definition) is 1. The molecule has 1 aromatic carbocycles. The zero-order valence-electron chi connectivity index (χ0n) is 9.46. The highest BCUT2D eigenvalue weighted by molar-refractivity contribution is 7.99. The number of fused-ring (bicyclic) bond motifs is 1. The normalized spacial score (nSPS) is 22.4. The Morgan fingerprint density at radius 1 is 1.33 bits per heavy atom. The second-order valence-corrected chi connectivity index (χ2v) is 6.96. The summed E-state index contributed by atoms with van der Waals surface area (Å²) < 4.78 is 0.792. The Hall–Kier alpha value is -0.910. The molecule has 0 bridgehead atoms. The average Bonchev–Trinajstić information content (AvgIpc) is 2.78. The maximum Gasteiger partial charge on any atom is 0.159 e. The minimum atomic E-state index is 0.0337. The van der Waals surface area contributed by atoms with E-state index in [0.717, 1.165) is 21.0 Å². The van der Waals surface area contributed by atoms with E-state index in [2.05, 4.69) is 17.1 Å². The number of carbonyl (C=O) groups excluding carboxylic acids is 1. The van der Waals surface area contributed by atoms with Crippen LogP contribution in [0.5, 0.6) is 0 Å². The number of carbonyl (C=O) groups is 1. The van der Waals surface area contributed by atoms with Crippen LogP contribution in [0.2, 0.25) is 0 Å². The van der Waals surface area contributed by atoms with Gasteiger partial charge in [-0.15, -0.1) is 23.1 Å². The van der Waals surface area contributed by atoms with Crippen LogP contribution in [-0.4, -0.2) is 17.0 Å². The fourth-order valence-electron chi connectivity index (χ4n) is 2.28. The van der Waals surface area contributed by atoms with Gasteiger partial charge in [-0.1, -0.05) is 30.3 Å². The lowest BCUT2D eigenvalue weighted by Crippen LogP contribution is -2.21. The van der Waals surface area contributed by atoms with Gasteiger partial charge in [-0.25, -0.2) is 0 Å². The topological polar surface area (TPSA) is 32.9 Å². The number of thioether (sulfide) groups is 1. The third-order valence-corrected chi connectivity index (χ3v) is 5.72. The molecule has 0 amide bonds. The molecule has 92 valence electrons.